The van der Waals surface area contributed by atoms with Gasteiger partial charge in [0.05, 0.1) is 11.3 Å². The number of carboxylic acids is 1. The Balaban J connectivity index is 3.09. The molecule has 4 heteroatoms. The summed E-state index contributed by atoms with van der Waals surface area (Å²) in [5.74, 6) is -1.18. The molecule has 0 fully saturated rings. The molecule has 0 aliphatic rings. The highest BCUT2D eigenvalue weighted by Crippen LogP contribution is 2.23. The summed E-state index contributed by atoms with van der Waals surface area (Å²) in [4.78, 5) is 12.7. The van der Waals surface area contributed by atoms with Crippen molar-refractivity contribution in [1.82, 2.24) is 0 Å². The lowest BCUT2D eigenvalue weighted by Gasteiger charge is -2.31. The highest BCUT2D eigenvalue weighted by molar-refractivity contribution is 5.88. The van der Waals surface area contributed by atoms with Crippen molar-refractivity contribution >= 4 is 11.7 Å². The van der Waals surface area contributed by atoms with Gasteiger partial charge in [0, 0.05) is 12.6 Å². The molecule has 1 aromatic carbocycles. The van der Waals surface area contributed by atoms with Gasteiger partial charge < -0.3 is 10.0 Å². The van der Waals surface area contributed by atoms with Crippen LogP contribution in [0.2, 0.25) is 0 Å². The molecule has 3 nitrogen and oxygen atoms in total. The molecule has 0 saturated heterocycles. The topological polar surface area (TPSA) is 40.5 Å². The molecule has 1 rings (SSSR count). The fourth-order valence-electron chi connectivity index (χ4n) is 1.85. The average Bonchev–Trinajstić information content (AvgIpc) is 2.25. The van der Waals surface area contributed by atoms with Gasteiger partial charge >= 0.3 is 5.97 Å². The fraction of sp³-hybridized carbons (Fsp3) is 0.500. The van der Waals surface area contributed by atoms with E-state index < -0.39 is 11.8 Å². The summed E-state index contributed by atoms with van der Waals surface area (Å²) in [5, 5.41) is 8.81. The Labute approximate surface area is 107 Å². The SMILES string of the molecule is CC(C)CN(c1ccc(C(=O)O)cc1F)C(C)C. The van der Waals surface area contributed by atoms with Gasteiger partial charge in [-0.25, -0.2) is 9.18 Å². The maximum atomic E-state index is 14.0. The zero-order chi connectivity index (χ0) is 13.9. The van der Waals surface area contributed by atoms with E-state index in [0.29, 0.717) is 11.6 Å². The zero-order valence-electron chi connectivity index (χ0n) is 11.3. The second-order valence-electron chi connectivity index (χ2n) is 5.11. The third kappa shape index (κ3) is 3.45. The van der Waals surface area contributed by atoms with Crippen molar-refractivity contribution in [3.63, 3.8) is 0 Å². The van der Waals surface area contributed by atoms with Gasteiger partial charge in [0.15, 0.2) is 0 Å². The van der Waals surface area contributed by atoms with Crippen molar-refractivity contribution in [2.45, 2.75) is 33.7 Å². The van der Waals surface area contributed by atoms with Crippen LogP contribution in [-0.2, 0) is 0 Å². The van der Waals surface area contributed by atoms with Crippen LogP contribution in [0.25, 0.3) is 0 Å². The molecule has 0 spiro atoms. The second-order valence-corrected chi connectivity index (χ2v) is 5.11. The van der Waals surface area contributed by atoms with Crippen molar-refractivity contribution in [2.24, 2.45) is 5.92 Å². The van der Waals surface area contributed by atoms with E-state index in [-0.39, 0.29) is 11.6 Å². The van der Waals surface area contributed by atoms with Crippen molar-refractivity contribution in [3.05, 3.63) is 29.6 Å². The first-order chi connectivity index (χ1) is 8.32. The van der Waals surface area contributed by atoms with Gasteiger partial charge in [0.2, 0.25) is 0 Å². The highest BCUT2D eigenvalue weighted by atomic mass is 19.1. The van der Waals surface area contributed by atoms with Gasteiger partial charge in [-0.3, -0.25) is 0 Å². The number of carboxylic acid groups (broad SMARTS) is 1. The number of aromatic carboxylic acids is 1. The van der Waals surface area contributed by atoms with E-state index in [1.165, 1.54) is 6.07 Å². The van der Waals surface area contributed by atoms with Gasteiger partial charge in [-0.2, -0.15) is 0 Å². The molecule has 0 amide bonds. The highest BCUT2D eigenvalue weighted by Gasteiger charge is 2.17. The molecule has 18 heavy (non-hydrogen) atoms. The number of benzene rings is 1. The summed E-state index contributed by atoms with van der Waals surface area (Å²) in [7, 11) is 0. The molecule has 0 heterocycles. The van der Waals surface area contributed by atoms with Crippen LogP contribution >= 0.6 is 0 Å². The number of rotatable bonds is 5. The van der Waals surface area contributed by atoms with E-state index in [0.717, 1.165) is 12.6 Å². The summed E-state index contributed by atoms with van der Waals surface area (Å²) in [6.45, 7) is 8.86. The van der Waals surface area contributed by atoms with Crippen LogP contribution < -0.4 is 4.90 Å². The van der Waals surface area contributed by atoms with Crippen molar-refractivity contribution in [1.29, 1.82) is 0 Å². The largest absolute Gasteiger partial charge is 0.478 e. The average molecular weight is 253 g/mol. The minimum atomic E-state index is -1.11. The maximum Gasteiger partial charge on any atom is 0.335 e. The number of hydrogen-bond acceptors (Lipinski definition) is 2. The lowest BCUT2D eigenvalue weighted by Crippen LogP contribution is -2.34. The monoisotopic (exact) mass is 253 g/mol. The molecule has 0 aromatic heterocycles. The van der Waals surface area contributed by atoms with E-state index in [9.17, 15) is 9.18 Å². The summed E-state index contributed by atoms with van der Waals surface area (Å²) in [6, 6.07) is 4.22. The molecule has 0 radical (unpaired) electrons. The van der Waals surface area contributed by atoms with Crippen LogP contribution in [-0.4, -0.2) is 23.7 Å². The quantitative estimate of drug-likeness (QED) is 0.874. The predicted molar refractivity (Wildman–Crippen MR) is 70.7 cm³/mol. The maximum absolute atomic E-state index is 14.0. The molecule has 100 valence electrons. The lowest BCUT2D eigenvalue weighted by molar-refractivity contribution is 0.0696. The van der Waals surface area contributed by atoms with Crippen LogP contribution in [0.1, 0.15) is 38.1 Å². The zero-order valence-corrected chi connectivity index (χ0v) is 11.3. The minimum Gasteiger partial charge on any atom is -0.478 e. The summed E-state index contributed by atoms with van der Waals surface area (Å²) in [5.41, 5.74) is 0.438. The van der Waals surface area contributed by atoms with Gasteiger partial charge in [-0.15, -0.1) is 0 Å². The van der Waals surface area contributed by atoms with Crippen LogP contribution in [0, 0.1) is 11.7 Å². The van der Waals surface area contributed by atoms with E-state index >= 15 is 0 Å². The van der Waals surface area contributed by atoms with E-state index in [2.05, 4.69) is 13.8 Å². The first-order valence-corrected chi connectivity index (χ1v) is 6.12. The van der Waals surface area contributed by atoms with Gasteiger partial charge in [-0.1, -0.05) is 13.8 Å². The Kier molecular flexibility index (Phi) is 4.70. The van der Waals surface area contributed by atoms with Crippen molar-refractivity contribution < 1.29 is 14.3 Å². The Morgan fingerprint density at radius 2 is 1.94 bits per heavy atom. The van der Waals surface area contributed by atoms with Crippen molar-refractivity contribution in [3.8, 4) is 0 Å². The third-order valence-electron chi connectivity index (χ3n) is 2.69. The molecule has 1 N–H and O–H groups in total. The molecular weight excluding hydrogens is 233 g/mol. The van der Waals surface area contributed by atoms with E-state index in [1.54, 1.807) is 6.07 Å². The third-order valence-corrected chi connectivity index (χ3v) is 2.69. The number of nitrogens with zero attached hydrogens (tertiary/aromatic N) is 1. The van der Waals surface area contributed by atoms with E-state index in [4.69, 9.17) is 5.11 Å². The predicted octanol–water partition coefficient (Wildman–Crippen LogP) is 3.39. The number of halogens is 1. The Hall–Kier alpha value is -1.58. The number of anilines is 1. The Morgan fingerprint density at radius 3 is 2.33 bits per heavy atom. The first kappa shape index (κ1) is 14.5. The molecular formula is C14H20FNO2. The molecule has 0 unspecified atom stereocenters. The van der Waals surface area contributed by atoms with Crippen LogP contribution in [0.5, 0.6) is 0 Å². The lowest BCUT2D eigenvalue weighted by atomic mass is 10.1. The molecule has 0 atom stereocenters. The summed E-state index contributed by atoms with van der Waals surface area (Å²) >= 11 is 0. The first-order valence-electron chi connectivity index (χ1n) is 6.12. The fourth-order valence-corrected chi connectivity index (χ4v) is 1.85. The Morgan fingerprint density at radius 1 is 1.33 bits per heavy atom. The summed E-state index contributed by atoms with van der Waals surface area (Å²) in [6.07, 6.45) is 0. The van der Waals surface area contributed by atoms with Crippen LogP contribution in [0.3, 0.4) is 0 Å². The smallest absolute Gasteiger partial charge is 0.335 e. The van der Waals surface area contributed by atoms with Crippen molar-refractivity contribution in [2.75, 3.05) is 11.4 Å². The van der Waals surface area contributed by atoms with E-state index in [1.807, 2.05) is 18.7 Å². The second kappa shape index (κ2) is 5.85. The summed E-state index contributed by atoms with van der Waals surface area (Å²) < 4.78 is 14.0. The molecule has 1 aromatic rings. The van der Waals surface area contributed by atoms with Crippen LogP contribution in [0.15, 0.2) is 18.2 Å². The van der Waals surface area contributed by atoms with Gasteiger partial charge in [0.1, 0.15) is 5.82 Å². The minimum absolute atomic E-state index is 0.0236. The standard InChI is InChI=1S/C14H20FNO2/c1-9(2)8-16(10(3)4)13-6-5-11(14(17)18)7-12(13)15/h5-7,9-10H,8H2,1-4H3,(H,17,18). The normalized spacial score (nSPS) is 11.1. The van der Waals surface area contributed by atoms with Gasteiger partial charge in [0.25, 0.3) is 0 Å². The number of hydrogen-bond donors (Lipinski definition) is 1. The number of carbonyl (C=O) groups is 1. The molecule has 0 bridgehead atoms. The van der Waals surface area contributed by atoms with Crippen LogP contribution in [0.4, 0.5) is 10.1 Å². The molecule has 0 aliphatic heterocycles. The van der Waals surface area contributed by atoms with Gasteiger partial charge in [-0.05, 0) is 38.0 Å². The Bertz CT molecular complexity index is 430. The molecule has 0 saturated carbocycles. The molecule has 0 aliphatic carbocycles.